The van der Waals surface area contributed by atoms with Crippen LogP contribution in [0.4, 0.5) is 28.0 Å². The van der Waals surface area contributed by atoms with Crippen molar-refractivity contribution >= 4 is 11.7 Å². The molecule has 0 saturated carbocycles. The standard InChI is InChI=1S/C9H8F4N2O2/c10-6-3-5(1-2-7(6)16)15-8(17)14-4-9(11,12)13/h1-3,16H,4H2,(H2,14,15,17). The molecule has 1 aromatic carbocycles. The molecule has 0 aliphatic rings. The van der Waals surface area contributed by atoms with Crippen LogP contribution in [0.1, 0.15) is 0 Å². The zero-order valence-corrected chi connectivity index (χ0v) is 8.31. The summed E-state index contributed by atoms with van der Waals surface area (Å²) >= 11 is 0. The molecule has 0 saturated heterocycles. The lowest BCUT2D eigenvalue weighted by Gasteiger charge is -2.09. The van der Waals surface area contributed by atoms with Crippen LogP contribution in [-0.4, -0.2) is 23.9 Å². The molecule has 0 atom stereocenters. The first-order chi connectivity index (χ1) is 7.78. The number of carbonyl (C=O) groups excluding carboxylic acids is 1. The Balaban J connectivity index is 2.54. The fourth-order valence-corrected chi connectivity index (χ4v) is 0.940. The van der Waals surface area contributed by atoms with Crippen LogP contribution in [0.25, 0.3) is 0 Å². The molecular weight excluding hydrogens is 244 g/mol. The molecule has 0 spiro atoms. The fraction of sp³-hybridized carbons (Fsp3) is 0.222. The van der Waals surface area contributed by atoms with Crippen LogP contribution in [0, 0.1) is 5.82 Å². The van der Waals surface area contributed by atoms with E-state index in [0.717, 1.165) is 18.2 Å². The third kappa shape index (κ3) is 4.58. The van der Waals surface area contributed by atoms with E-state index in [0.29, 0.717) is 0 Å². The number of amides is 2. The number of alkyl halides is 3. The zero-order valence-electron chi connectivity index (χ0n) is 8.31. The first-order valence-electron chi connectivity index (χ1n) is 4.38. The number of phenolic OH excluding ortho intramolecular Hbond substituents is 1. The van der Waals surface area contributed by atoms with Crippen LogP contribution >= 0.6 is 0 Å². The number of benzene rings is 1. The average Bonchev–Trinajstić information content (AvgIpc) is 2.20. The van der Waals surface area contributed by atoms with Crippen molar-refractivity contribution in [1.29, 1.82) is 0 Å². The number of aromatic hydroxyl groups is 1. The maximum absolute atomic E-state index is 12.8. The quantitative estimate of drug-likeness (QED) is 0.558. The van der Waals surface area contributed by atoms with E-state index in [1.165, 1.54) is 0 Å². The first-order valence-corrected chi connectivity index (χ1v) is 4.38. The molecule has 2 amide bonds. The number of hydrogen-bond donors (Lipinski definition) is 3. The summed E-state index contributed by atoms with van der Waals surface area (Å²) in [6.45, 7) is -1.49. The minimum Gasteiger partial charge on any atom is -0.505 e. The minimum absolute atomic E-state index is 0.0695. The predicted octanol–water partition coefficient (Wildman–Crippen LogP) is 2.22. The van der Waals surface area contributed by atoms with Crippen molar-refractivity contribution in [3.05, 3.63) is 24.0 Å². The van der Waals surface area contributed by atoms with E-state index in [2.05, 4.69) is 0 Å². The van der Waals surface area contributed by atoms with Crippen molar-refractivity contribution in [2.75, 3.05) is 11.9 Å². The van der Waals surface area contributed by atoms with Gasteiger partial charge in [0.05, 0.1) is 0 Å². The van der Waals surface area contributed by atoms with Gasteiger partial charge in [0.1, 0.15) is 6.54 Å². The maximum atomic E-state index is 12.8. The second-order valence-corrected chi connectivity index (χ2v) is 3.09. The molecule has 8 heteroatoms. The van der Waals surface area contributed by atoms with Crippen LogP contribution in [0.5, 0.6) is 5.75 Å². The van der Waals surface area contributed by atoms with Crippen LogP contribution in [0.3, 0.4) is 0 Å². The summed E-state index contributed by atoms with van der Waals surface area (Å²) in [7, 11) is 0. The molecule has 4 nitrogen and oxygen atoms in total. The van der Waals surface area contributed by atoms with Gasteiger partial charge >= 0.3 is 12.2 Å². The van der Waals surface area contributed by atoms with Crippen molar-refractivity contribution in [3.8, 4) is 5.75 Å². The first kappa shape index (κ1) is 13.1. The van der Waals surface area contributed by atoms with Crippen molar-refractivity contribution in [1.82, 2.24) is 5.32 Å². The molecule has 17 heavy (non-hydrogen) atoms. The van der Waals surface area contributed by atoms with E-state index in [9.17, 15) is 22.4 Å². The Morgan fingerprint density at radius 3 is 2.53 bits per heavy atom. The van der Waals surface area contributed by atoms with E-state index in [-0.39, 0.29) is 5.69 Å². The lowest BCUT2D eigenvalue weighted by atomic mass is 10.3. The summed E-state index contributed by atoms with van der Waals surface area (Å²) in [5, 5.41) is 12.4. The molecule has 0 radical (unpaired) electrons. The summed E-state index contributed by atoms with van der Waals surface area (Å²) in [4.78, 5) is 10.9. The smallest absolute Gasteiger partial charge is 0.405 e. The Bertz CT molecular complexity index is 420. The van der Waals surface area contributed by atoms with Gasteiger partial charge in [-0.3, -0.25) is 0 Å². The fourth-order valence-electron chi connectivity index (χ4n) is 0.940. The summed E-state index contributed by atoms with van der Waals surface area (Å²) < 4.78 is 48.0. The van der Waals surface area contributed by atoms with E-state index < -0.39 is 30.3 Å². The Labute approximate surface area is 93.2 Å². The largest absolute Gasteiger partial charge is 0.505 e. The monoisotopic (exact) mass is 252 g/mol. The number of halogens is 4. The van der Waals surface area contributed by atoms with Crippen LogP contribution < -0.4 is 10.6 Å². The van der Waals surface area contributed by atoms with Gasteiger partial charge in [-0.2, -0.15) is 13.2 Å². The highest BCUT2D eigenvalue weighted by atomic mass is 19.4. The maximum Gasteiger partial charge on any atom is 0.405 e. The molecule has 1 rings (SSSR count). The highest BCUT2D eigenvalue weighted by Crippen LogP contribution is 2.19. The minimum atomic E-state index is -4.52. The molecule has 1 aromatic rings. The molecule has 0 heterocycles. The molecule has 0 unspecified atom stereocenters. The topological polar surface area (TPSA) is 61.4 Å². The summed E-state index contributed by atoms with van der Waals surface area (Å²) in [6.07, 6.45) is -4.52. The highest BCUT2D eigenvalue weighted by Gasteiger charge is 2.27. The van der Waals surface area contributed by atoms with Gasteiger partial charge < -0.3 is 15.7 Å². The van der Waals surface area contributed by atoms with Crippen LogP contribution in [0.2, 0.25) is 0 Å². The molecule has 0 aromatic heterocycles. The molecular formula is C9H8F4N2O2. The molecule has 0 fully saturated rings. The number of carbonyl (C=O) groups is 1. The van der Waals surface area contributed by atoms with Gasteiger partial charge in [-0.15, -0.1) is 0 Å². The number of nitrogens with one attached hydrogen (secondary N) is 2. The highest BCUT2D eigenvalue weighted by molar-refractivity contribution is 5.89. The van der Waals surface area contributed by atoms with E-state index >= 15 is 0 Å². The van der Waals surface area contributed by atoms with Crippen LogP contribution in [0.15, 0.2) is 18.2 Å². The van der Waals surface area contributed by atoms with Crippen LogP contribution in [-0.2, 0) is 0 Å². The summed E-state index contributed by atoms with van der Waals surface area (Å²) in [6, 6.07) is 1.77. The number of urea groups is 1. The number of hydrogen-bond acceptors (Lipinski definition) is 2. The summed E-state index contributed by atoms with van der Waals surface area (Å²) in [5.41, 5.74) is -0.0695. The summed E-state index contributed by atoms with van der Waals surface area (Å²) in [5.74, 6) is -1.61. The van der Waals surface area contributed by atoms with Gasteiger partial charge in [0.15, 0.2) is 11.6 Å². The normalized spacial score (nSPS) is 11.1. The van der Waals surface area contributed by atoms with Crippen molar-refractivity contribution in [2.24, 2.45) is 0 Å². The average molecular weight is 252 g/mol. The molecule has 0 aliphatic heterocycles. The number of rotatable bonds is 2. The Morgan fingerprint density at radius 1 is 1.35 bits per heavy atom. The molecule has 0 aliphatic carbocycles. The van der Waals surface area contributed by atoms with Gasteiger partial charge in [-0.1, -0.05) is 0 Å². The van der Waals surface area contributed by atoms with Gasteiger partial charge in [0, 0.05) is 11.8 Å². The van der Waals surface area contributed by atoms with Gasteiger partial charge in [0.25, 0.3) is 0 Å². The van der Waals surface area contributed by atoms with Gasteiger partial charge in [-0.25, -0.2) is 9.18 Å². The van der Waals surface area contributed by atoms with E-state index in [4.69, 9.17) is 5.11 Å². The third-order valence-electron chi connectivity index (χ3n) is 1.65. The van der Waals surface area contributed by atoms with Crippen molar-refractivity contribution in [3.63, 3.8) is 0 Å². The second-order valence-electron chi connectivity index (χ2n) is 3.09. The third-order valence-corrected chi connectivity index (χ3v) is 1.65. The lowest BCUT2D eigenvalue weighted by Crippen LogP contribution is -2.36. The molecule has 94 valence electrons. The molecule has 0 bridgehead atoms. The zero-order chi connectivity index (χ0) is 13.1. The molecule has 3 N–H and O–H groups in total. The lowest BCUT2D eigenvalue weighted by molar-refractivity contribution is -0.122. The van der Waals surface area contributed by atoms with Gasteiger partial charge in [0.2, 0.25) is 0 Å². The Hall–Kier alpha value is -1.99. The SMILES string of the molecule is O=C(NCC(F)(F)F)Nc1ccc(O)c(F)c1. The number of phenols is 1. The predicted molar refractivity (Wildman–Crippen MR) is 51.1 cm³/mol. The van der Waals surface area contributed by atoms with E-state index in [1.54, 1.807) is 5.32 Å². The number of anilines is 1. The van der Waals surface area contributed by atoms with Crippen molar-refractivity contribution < 1.29 is 27.5 Å². The Kier molecular flexibility index (Phi) is 3.77. The second kappa shape index (κ2) is 4.89. The van der Waals surface area contributed by atoms with Crippen molar-refractivity contribution in [2.45, 2.75) is 6.18 Å². The Morgan fingerprint density at radius 2 is 2.00 bits per heavy atom. The van der Waals surface area contributed by atoms with Gasteiger partial charge in [-0.05, 0) is 12.1 Å². The van der Waals surface area contributed by atoms with E-state index in [1.807, 2.05) is 5.32 Å².